The zero-order valence-corrected chi connectivity index (χ0v) is 19.6. The van der Waals surface area contributed by atoms with Gasteiger partial charge in [0.25, 0.3) is 5.91 Å². The number of nitrogen functional groups attached to an aromatic ring is 1. The van der Waals surface area contributed by atoms with Crippen LogP contribution in [0.3, 0.4) is 0 Å². The quantitative estimate of drug-likeness (QED) is 0.305. The summed E-state index contributed by atoms with van der Waals surface area (Å²) >= 11 is 0. The minimum atomic E-state index is -0.292. The predicted octanol–water partition coefficient (Wildman–Crippen LogP) is 5.26. The number of carbonyl (C=O) groups excluding carboxylic acids is 1. The van der Waals surface area contributed by atoms with Crippen molar-refractivity contribution in [2.45, 2.75) is 26.3 Å². The molecule has 0 saturated heterocycles. The lowest BCUT2D eigenvalue weighted by molar-refractivity contribution is 0.0953. The Morgan fingerprint density at radius 3 is 2.34 bits per heavy atom. The van der Waals surface area contributed by atoms with Gasteiger partial charge < -0.3 is 15.8 Å². The second-order valence-corrected chi connectivity index (χ2v) is 8.34. The molecule has 3 aromatic carbocycles. The number of fused-ring (bicyclic) bond motifs is 2. The molecule has 0 saturated carbocycles. The first-order chi connectivity index (χ1) is 17.2. The predicted molar refractivity (Wildman–Crippen MR) is 139 cm³/mol. The Labute approximate surface area is 203 Å². The highest BCUT2D eigenvalue weighted by atomic mass is 16.5. The molecule has 176 valence electrons. The summed E-state index contributed by atoms with van der Waals surface area (Å²) < 4.78 is 7.58. The zero-order chi connectivity index (χ0) is 24.2. The van der Waals surface area contributed by atoms with Gasteiger partial charge in [-0.3, -0.25) is 9.36 Å². The second-order valence-electron chi connectivity index (χ2n) is 8.34. The van der Waals surface area contributed by atoms with E-state index in [0.29, 0.717) is 41.2 Å². The molecule has 7 nitrogen and oxygen atoms in total. The average Bonchev–Trinajstić information content (AvgIpc) is 3.17. The van der Waals surface area contributed by atoms with Gasteiger partial charge in [0.1, 0.15) is 22.6 Å². The molecule has 0 spiro atoms. The fraction of sp³-hybridized carbons (Fsp3) is 0.179. The normalized spacial score (nSPS) is 11.1. The van der Waals surface area contributed by atoms with Crippen LogP contribution in [0.1, 0.15) is 35.7 Å². The molecular weight excluding hydrogens is 438 g/mol. The monoisotopic (exact) mass is 465 g/mol. The van der Waals surface area contributed by atoms with Crippen LogP contribution in [0.15, 0.2) is 78.9 Å². The van der Waals surface area contributed by atoms with Gasteiger partial charge in [-0.25, -0.2) is 9.97 Å². The molecule has 3 N–H and O–H groups in total. The molecule has 0 unspecified atom stereocenters. The Bertz CT molecular complexity index is 1480. The van der Waals surface area contributed by atoms with Crippen LogP contribution in [0.25, 0.3) is 27.9 Å². The topological polar surface area (TPSA) is 95.1 Å². The van der Waals surface area contributed by atoms with Crippen molar-refractivity contribution in [1.29, 1.82) is 0 Å². The van der Waals surface area contributed by atoms with Gasteiger partial charge in [-0.1, -0.05) is 55.8 Å². The molecule has 0 fully saturated rings. The second kappa shape index (κ2) is 9.85. The van der Waals surface area contributed by atoms with Crippen molar-refractivity contribution >= 4 is 33.9 Å². The number of nitrogens with zero attached hydrogens (tertiary/aromatic N) is 3. The van der Waals surface area contributed by atoms with Crippen molar-refractivity contribution in [2.24, 2.45) is 0 Å². The van der Waals surface area contributed by atoms with E-state index in [4.69, 9.17) is 20.4 Å². The third-order valence-electron chi connectivity index (χ3n) is 5.88. The minimum absolute atomic E-state index is 0.292. The number of nitrogens with one attached hydrogen (secondary N) is 1. The van der Waals surface area contributed by atoms with E-state index < -0.39 is 0 Å². The highest BCUT2D eigenvalue weighted by Gasteiger charge is 2.24. The third kappa shape index (κ3) is 4.53. The fourth-order valence-electron chi connectivity index (χ4n) is 4.04. The standard InChI is InChI=1S/C28H27N5O2/c1-2-3-17-35-21-15-13-20(14-16-21)33-26(29)24(28(34)30-18-19-9-5-4-6-10-19)25-27(33)32-23-12-8-7-11-22(23)31-25/h4-16H,2-3,17-18,29H2,1H3,(H,30,34). The minimum Gasteiger partial charge on any atom is -0.494 e. The van der Waals surface area contributed by atoms with Crippen LogP contribution < -0.4 is 15.8 Å². The zero-order valence-electron chi connectivity index (χ0n) is 19.6. The first-order valence-electron chi connectivity index (χ1n) is 11.8. The van der Waals surface area contributed by atoms with Crippen LogP contribution in [0, 0.1) is 0 Å². The fourth-order valence-corrected chi connectivity index (χ4v) is 4.04. The number of amides is 1. The van der Waals surface area contributed by atoms with Crippen molar-refractivity contribution in [3.8, 4) is 11.4 Å². The van der Waals surface area contributed by atoms with Crippen LogP contribution in [-0.2, 0) is 6.54 Å². The van der Waals surface area contributed by atoms with Crippen molar-refractivity contribution in [3.63, 3.8) is 0 Å². The number of ether oxygens (including phenoxy) is 1. The van der Waals surface area contributed by atoms with Gasteiger partial charge >= 0.3 is 0 Å². The number of aromatic nitrogens is 3. The van der Waals surface area contributed by atoms with Gasteiger partial charge in [0.05, 0.1) is 17.6 Å². The molecule has 5 rings (SSSR count). The lowest BCUT2D eigenvalue weighted by Gasteiger charge is -2.10. The van der Waals surface area contributed by atoms with Crippen molar-refractivity contribution in [1.82, 2.24) is 19.9 Å². The summed E-state index contributed by atoms with van der Waals surface area (Å²) in [4.78, 5) is 22.9. The number of carbonyl (C=O) groups is 1. The van der Waals surface area contributed by atoms with Gasteiger partial charge in [-0.2, -0.15) is 0 Å². The molecule has 1 amide bonds. The van der Waals surface area contributed by atoms with Crippen molar-refractivity contribution in [3.05, 3.63) is 90.0 Å². The first kappa shape index (κ1) is 22.4. The molecule has 0 bridgehead atoms. The van der Waals surface area contributed by atoms with E-state index in [9.17, 15) is 4.79 Å². The van der Waals surface area contributed by atoms with Crippen LogP contribution >= 0.6 is 0 Å². The average molecular weight is 466 g/mol. The SMILES string of the molecule is CCCCOc1ccc(-n2c(N)c(C(=O)NCc3ccccc3)c3nc4ccccc4nc32)cc1. The largest absolute Gasteiger partial charge is 0.494 e. The van der Waals surface area contributed by atoms with Crippen LogP contribution in [0.4, 0.5) is 5.82 Å². The van der Waals surface area contributed by atoms with Gasteiger partial charge in [0.15, 0.2) is 5.65 Å². The van der Waals surface area contributed by atoms with Gasteiger partial charge in [0.2, 0.25) is 0 Å². The van der Waals surface area contributed by atoms with Crippen LogP contribution in [-0.4, -0.2) is 27.0 Å². The number of hydrogen-bond acceptors (Lipinski definition) is 5. The van der Waals surface area contributed by atoms with Gasteiger partial charge in [-0.05, 0) is 48.4 Å². The van der Waals surface area contributed by atoms with E-state index in [1.165, 1.54) is 0 Å². The Balaban J connectivity index is 1.57. The number of hydrogen-bond donors (Lipinski definition) is 2. The van der Waals surface area contributed by atoms with E-state index in [1.807, 2.05) is 78.9 Å². The summed E-state index contributed by atoms with van der Waals surface area (Å²) in [6.07, 6.45) is 2.08. The van der Waals surface area contributed by atoms with Crippen molar-refractivity contribution in [2.75, 3.05) is 12.3 Å². The molecule has 35 heavy (non-hydrogen) atoms. The van der Waals surface area contributed by atoms with E-state index in [1.54, 1.807) is 4.57 Å². The van der Waals surface area contributed by atoms with Gasteiger partial charge in [-0.15, -0.1) is 0 Å². The molecule has 0 radical (unpaired) electrons. The number of nitrogens with two attached hydrogens (primary N) is 1. The molecule has 7 heteroatoms. The Hall–Kier alpha value is -4.39. The smallest absolute Gasteiger partial charge is 0.257 e. The highest BCUT2D eigenvalue weighted by molar-refractivity contribution is 6.11. The summed E-state index contributed by atoms with van der Waals surface area (Å²) in [5, 5.41) is 2.98. The molecule has 2 aromatic heterocycles. The molecule has 0 aliphatic carbocycles. The Kier molecular flexibility index (Phi) is 6.30. The van der Waals surface area contributed by atoms with Gasteiger partial charge in [0, 0.05) is 12.2 Å². The summed E-state index contributed by atoms with van der Waals surface area (Å²) in [6, 6.07) is 25.0. The summed E-state index contributed by atoms with van der Waals surface area (Å²) in [7, 11) is 0. The number of benzene rings is 3. The summed E-state index contributed by atoms with van der Waals surface area (Å²) in [6.45, 7) is 3.19. The summed E-state index contributed by atoms with van der Waals surface area (Å²) in [5.41, 5.74) is 11.1. The first-order valence-corrected chi connectivity index (χ1v) is 11.8. The molecular formula is C28H27N5O2. The van der Waals surface area contributed by atoms with Crippen LogP contribution in [0.2, 0.25) is 0 Å². The Morgan fingerprint density at radius 1 is 0.943 bits per heavy atom. The maximum Gasteiger partial charge on any atom is 0.257 e. The number of para-hydroxylation sites is 2. The maximum atomic E-state index is 13.3. The number of unbranched alkanes of at least 4 members (excludes halogenated alkanes) is 1. The lowest BCUT2D eigenvalue weighted by Crippen LogP contribution is -2.23. The summed E-state index contributed by atoms with van der Waals surface area (Å²) in [5.74, 6) is 0.786. The molecule has 0 atom stereocenters. The van der Waals surface area contributed by atoms with E-state index in [2.05, 4.69) is 12.2 Å². The molecule has 0 aliphatic heterocycles. The Morgan fingerprint density at radius 2 is 1.63 bits per heavy atom. The lowest BCUT2D eigenvalue weighted by atomic mass is 10.2. The number of anilines is 1. The maximum absolute atomic E-state index is 13.3. The van der Waals surface area contributed by atoms with Crippen LogP contribution in [0.5, 0.6) is 5.75 Å². The van der Waals surface area contributed by atoms with E-state index in [0.717, 1.165) is 35.4 Å². The molecule has 0 aliphatic rings. The van der Waals surface area contributed by atoms with E-state index >= 15 is 0 Å². The van der Waals surface area contributed by atoms with Crippen molar-refractivity contribution < 1.29 is 9.53 Å². The third-order valence-corrected chi connectivity index (χ3v) is 5.88. The molecule has 5 aromatic rings. The highest BCUT2D eigenvalue weighted by Crippen LogP contribution is 2.31. The molecule has 2 heterocycles. The number of rotatable bonds is 8. The van der Waals surface area contributed by atoms with E-state index in [-0.39, 0.29) is 5.91 Å².